The lowest BCUT2D eigenvalue weighted by atomic mass is 9.53. The van der Waals surface area contributed by atoms with Gasteiger partial charge in [0.2, 0.25) is 0 Å². The third kappa shape index (κ3) is 1.23. The summed E-state index contributed by atoms with van der Waals surface area (Å²) in [6.45, 7) is 4.52. The highest BCUT2D eigenvalue weighted by Crippen LogP contribution is 2.65. The number of para-hydroxylation sites is 1. The molecule has 1 aromatic carbocycles. The molecule has 1 aromatic rings. The van der Waals surface area contributed by atoms with Gasteiger partial charge in [0.15, 0.2) is 0 Å². The van der Waals surface area contributed by atoms with E-state index in [1.54, 1.807) is 16.8 Å². The van der Waals surface area contributed by atoms with Crippen molar-refractivity contribution in [3.8, 4) is 0 Å². The van der Waals surface area contributed by atoms with Crippen molar-refractivity contribution in [2.24, 2.45) is 11.8 Å². The zero-order chi connectivity index (χ0) is 15.5. The van der Waals surface area contributed by atoms with Crippen LogP contribution in [0.2, 0.25) is 0 Å². The first-order valence-electron chi connectivity index (χ1n) is 9.79. The van der Waals surface area contributed by atoms with Gasteiger partial charge in [-0.2, -0.15) is 0 Å². The fourth-order valence-electron chi connectivity index (χ4n) is 7.68. The van der Waals surface area contributed by atoms with Crippen molar-refractivity contribution in [3.63, 3.8) is 0 Å². The molecular weight excluding hydrogens is 296 g/mol. The van der Waals surface area contributed by atoms with E-state index >= 15 is 0 Å². The number of hydrogen-bond acceptors (Lipinski definition) is 3. The third-order valence-electron chi connectivity index (χ3n) is 8.33. The second-order valence-corrected chi connectivity index (χ2v) is 8.79. The quantitative estimate of drug-likeness (QED) is 0.683. The van der Waals surface area contributed by atoms with Crippen molar-refractivity contribution in [1.29, 1.82) is 0 Å². The highest BCUT2D eigenvalue weighted by molar-refractivity contribution is 5.67. The molecule has 0 N–H and O–H groups in total. The van der Waals surface area contributed by atoms with Gasteiger partial charge in [-0.25, -0.2) is 0 Å². The minimum Gasteiger partial charge on any atom is -0.374 e. The predicted molar refractivity (Wildman–Crippen MR) is 93.3 cm³/mol. The van der Waals surface area contributed by atoms with E-state index in [1.807, 2.05) is 0 Å². The smallest absolute Gasteiger partial charge is 0.0654 e. The number of benzene rings is 1. The lowest BCUT2D eigenvalue weighted by molar-refractivity contribution is -0.0566. The molecule has 6 atom stereocenters. The first kappa shape index (κ1) is 13.0. The van der Waals surface area contributed by atoms with E-state index < -0.39 is 0 Å². The molecule has 5 aliphatic heterocycles. The van der Waals surface area contributed by atoms with Gasteiger partial charge in [-0.1, -0.05) is 29.8 Å². The maximum Gasteiger partial charge on any atom is 0.0654 e. The Morgan fingerprint density at radius 1 is 1.17 bits per heavy atom. The average Bonchev–Trinajstić information content (AvgIpc) is 3.08. The predicted octanol–water partition coefficient (Wildman–Crippen LogP) is 2.57. The molecule has 1 spiro atoms. The number of nitrogens with zero attached hydrogens (tertiary/aromatic N) is 2. The summed E-state index contributed by atoms with van der Waals surface area (Å²) in [5.74, 6) is 1.48. The summed E-state index contributed by atoms with van der Waals surface area (Å²) in [5, 5.41) is 0. The van der Waals surface area contributed by atoms with Gasteiger partial charge >= 0.3 is 0 Å². The molecule has 1 aliphatic carbocycles. The summed E-state index contributed by atoms with van der Waals surface area (Å²) < 4.78 is 6.40. The largest absolute Gasteiger partial charge is 0.374 e. The molecule has 2 bridgehead atoms. The molecule has 7 rings (SSSR count). The number of hydrogen-bond donors (Lipinski definition) is 0. The van der Waals surface area contributed by atoms with E-state index in [2.05, 4.69) is 40.1 Å². The topological polar surface area (TPSA) is 15.7 Å². The Morgan fingerprint density at radius 3 is 3.12 bits per heavy atom. The van der Waals surface area contributed by atoms with Gasteiger partial charge in [0.05, 0.1) is 12.7 Å². The Labute approximate surface area is 143 Å². The van der Waals surface area contributed by atoms with Gasteiger partial charge in [0, 0.05) is 42.2 Å². The van der Waals surface area contributed by atoms with Crippen LogP contribution in [0.4, 0.5) is 5.69 Å². The van der Waals surface area contributed by atoms with Crippen molar-refractivity contribution >= 4 is 5.69 Å². The minimum atomic E-state index is 0.371. The summed E-state index contributed by atoms with van der Waals surface area (Å²) in [6, 6.07) is 10.8. The van der Waals surface area contributed by atoms with Gasteiger partial charge in [-0.3, -0.25) is 4.90 Å². The van der Waals surface area contributed by atoms with Crippen molar-refractivity contribution in [2.75, 3.05) is 31.1 Å². The SMILES string of the molecule is C1=C2CN3CCC45c6ccccc6N6CCC(OC1)C(C2CC34)C65. The fraction of sp³-hybridized carbons (Fsp3) is 0.619. The zero-order valence-corrected chi connectivity index (χ0v) is 14.0. The van der Waals surface area contributed by atoms with Crippen LogP contribution in [-0.4, -0.2) is 49.3 Å². The van der Waals surface area contributed by atoms with E-state index in [0.717, 1.165) is 18.6 Å². The molecule has 6 unspecified atom stereocenters. The Balaban J connectivity index is 1.53. The molecule has 24 heavy (non-hydrogen) atoms. The molecule has 3 saturated heterocycles. The highest BCUT2D eigenvalue weighted by atomic mass is 16.5. The number of rotatable bonds is 0. The van der Waals surface area contributed by atoms with Crippen molar-refractivity contribution in [1.82, 2.24) is 4.90 Å². The van der Waals surface area contributed by atoms with Crippen LogP contribution in [0.15, 0.2) is 35.9 Å². The average molecular weight is 320 g/mol. The molecule has 124 valence electrons. The molecule has 6 aliphatic rings. The van der Waals surface area contributed by atoms with Crippen LogP contribution in [-0.2, 0) is 10.2 Å². The molecular formula is C21H24N2O. The zero-order valence-electron chi connectivity index (χ0n) is 14.0. The van der Waals surface area contributed by atoms with Crippen LogP contribution < -0.4 is 4.90 Å². The summed E-state index contributed by atoms with van der Waals surface area (Å²) >= 11 is 0. The first-order chi connectivity index (χ1) is 11.9. The number of ether oxygens (including phenoxy) is 1. The lowest BCUT2D eigenvalue weighted by Gasteiger charge is -2.59. The highest BCUT2D eigenvalue weighted by Gasteiger charge is 2.69. The van der Waals surface area contributed by atoms with Crippen molar-refractivity contribution in [2.45, 2.75) is 42.9 Å². The van der Waals surface area contributed by atoms with Gasteiger partial charge < -0.3 is 9.64 Å². The molecule has 3 nitrogen and oxygen atoms in total. The van der Waals surface area contributed by atoms with Crippen LogP contribution in [0, 0.1) is 11.8 Å². The van der Waals surface area contributed by atoms with E-state index in [-0.39, 0.29) is 0 Å². The molecule has 0 radical (unpaired) electrons. The Morgan fingerprint density at radius 2 is 2.12 bits per heavy atom. The number of fused-ring (bicyclic) bond motifs is 2. The van der Waals surface area contributed by atoms with E-state index in [9.17, 15) is 0 Å². The second kappa shape index (κ2) is 4.08. The van der Waals surface area contributed by atoms with Crippen LogP contribution in [0.1, 0.15) is 24.8 Å². The Hall–Kier alpha value is -1.32. The van der Waals surface area contributed by atoms with Crippen LogP contribution in [0.5, 0.6) is 0 Å². The molecule has 4 fully saturated rings. The molecule has 3 heteroatoms. The summed E-state index contributed by atoms with van der Waals surface area (Å²) in [4.78, 5) is 5.62. The van der Waals surface area contributed by atoms with Crippen LogP contribution in [0.3, 0.4) is 0 Å². The Kier molecular flexibility index (Phi) is 2.20. The summed E-state index contributed by atoms with van der Waals surface area (Å²) in [7, 11) is 0. The molecule has 1 saturated carbocycles. The number of piperidine rings is 2. The number of anilines is 1. The molecule has 0 amide bonds. The minimum absolute atomic E-state index is 0.371. The van der Waals surface area contributed by atoms with E-state index in [4.69, 9.17) is 4.74 Å². The van der Waals surface area contributed by atoms with Gasteiger partial charge in [-0.15, -0.1) is 0 Å². The Bertz CT molecular complexity index is 773. The summed E-state index contributed by atoms with van der Waals surface area (Å²) in [6.07, 6.45) is 6.84. The fourth-order valence-corrected chi connectivity index (χ4v) is 7.68. The second-order valence-electron chi connectivity index (χ2n) is 8.79. The van der Waals surface area contributed by atoms with Crippen LogP contribution >= 0.6 is 0 Å². The van der Waals surface area contributed by atoms with E-state index in [0.29, 0.717) is 23.5 Å². The van der Waals surface area contributed by atoms with Gasteiger partial charge in [0.25, 0.3) is 0 Å². The van der Waals surface area contributed by atoms with Crippen molar-refractivity contribution in [3.05, 3.63) is 41.5 Å². The van der Waals surface area contributed by atoms with Gasteiger partial charge in [0.1, 0.15) is 0 Å². The molecule has 0 aromatic heterocycles. The first-order valence-corrected chi connectivity index (χ1v) is 9.79. The van der Waals surface area contributed by atoms with Crippen molar-refractivity contribution < 1.29 is 4.74 Å². The molecule has 5 heterocycles. The monoisotopic (exact) mass is 320 g/mol. The third-order valence-corrected chi connectivity index (χ3v) is 8.33. The summed E-state index contributed by atoms with van der Waals surface area (Å²) in [5.41, 5.74) is 5.28. The maximum atomic E-state index is 6.40. The maximum absolute atomic E-state index is 6.40. The van der Waals surface area contributed by atoms with E-state index in [1.165, 1.54) is 38.9 Å². The van der Waals surface area contributed by atoms with Crippen LogP contribution in [0.25, 0.3) is 0 Å². The van der Waals surface area contributed by atoms with Gasteiger partial charge in [-0.05, 0) is 43.4 Å². The lowest BCUT2D eigenvalue weighted by Crippen LogP contribution is -2.68. The standard InChI is InChI=1S/C21H24N2O/c1-2-4-16-15(3-1)21-7-9-22-12-13-6-10-24-17-5-8-23(16)20(21)19(17)14(13)11-18(21)22/h1-4,6,14,17-20H,5,7-12H2. The normalized spacial score (nSPS) is 47.2.